The molecule has 0 radical (unpaired) electrons. The Morgan fingerprint density at radius 2 is 2.05 bits per heavy atom. The zero-order valence-corrected chi connectivity index (χ0v) is 12.7. The molecule has 0 bridgehead atoms. The van der Waals surface area contributed by atoms with Gasteiger partial charge in [0.15, 0.2) is 0 Å². The highest BCUT2D eigenvalue weighted by Crippen LogP contribution is 2.31. The molecule has 0 atom stereocenters. The highest BCUT2D eigenvalue weighted by Gasteiger charge is 2.25. The van der Waals surface area contributed by atoms with Gasteiger partial charge in [0.05, 0.1) is 12.2 Å². The summed E-state index contributed by atoms with van der Waals surface area (Å²) >= 11 is 0. The molecule has 112 valence electrons. The van der Waals surface area contributed by atoms with E-state index in [1.165, 1.54) is 32.1 Å². The number of carbonyl (C=O) groups excluding carboxylic acids is 1. The predicted molar refractivity (Wildman–Crippen MR) is 85.8 cm³/mol. The Hall–Kier alpha value is -1.38. The third-order valence-corrected chi connectivity index (χ3v) is 4.14. The van der Waals surface area contributed by atoms with Crippen molar-refractivity contribution in [2.24, 2.45) is 16.8 Å². The first-order chi connectivity index (χ1) is 9.71. The summed E-state index contributed by atoms with van der Waals surface area (Å²) in [6, 6.07) is 0. The molecule has 1 fully saturated rings. The summed E-state index contributed by atoms with van der Waals surface area (Å²) in [6.07, 6.45) is 11.8. The number of nitrogens with one attached hydrogen (secondary N) is 1. The van der Waals surface area contributed by atoms with E-state index in [-0.39, 0.29) is 11.8 Å². The van der Waals surface area contributed by atoms with Gasteiger partial charge in [-0.3, -0.25) is 9.79 Å². The fourth-order valence-electron chi connectivity index (χ4n) is 2.83. The van der Waals surface area contributed by atoms with Gasteiger partial charge in [0, 0.05) is 5.92 Å². The van der Waals surface area contributed by atoms with Crippen LogP contribution in [0.5, 0.6) is 0 Å². The molecule has 0 aromatic rings. The minimum atomic E-state index is 0.164. The molecule has 1 aliphatic rings. The first-order valence-electron chi connectivity index (χ1n) is 7.77. The number of unbranched alkanes of at least 4 members (excludes halogenated alkanes) is 1. The maximum Gasteiger partial charge on any atom is 0.223 e. The molecule has 3 nitrogen and oxygen atoms in total. The molecule has 0 spiro atoms. The first kappa shape index (κ1) is 16.7. The zero-order chi connectivity index (χ0) is 14.8. The fourth-order valence-corrected chi connectivity index (χ4v) is 2.83. The van der Waals surface area contributed by atoms with E-state index in [1.54, 1.807) is 12.2 Å². The summed E-state index contributed by atoms with van der Waals surface area (Å²) in [5.41, 5.74) is 0.755. The molecule has 0 heterocycles. The third-order valence-electron chi connectivity index (χ3n) is 4.14. The summed E-state index contributed by atoms with van der Waals surface area (Å²) in [4.78, 5) is 16.0. The van der Waals surface area contributed by atoms with Gasteiger partial charge < -0.3 is 5.32 Å². The van der Waals surface area contributed by atoms with Crippen LogP contribution in [-0.2, 0) is 4.79 Å². The van der Waals surface area contributed by atoms with Crippen LogP contribution in [0.2, 0.25) is 0 Å². The molecule has 20 heavy (non-hydrogen) atoms. The molecule has 1 rings (SSSR count). The molecular formula is C17H28N2O. The maximum atomic E-state index is 12.1. The summed E-state index contributed by atoms with van der Waals surface area (Å²) in [5.74, 6) is 1.19. The average molecular weight is 276 g/mol. The van der Waals surface area contributed by atoms with Crippen molar-refractivity contribution in [2.75, 3.05) is 6.54 Å². The fraction of sp³-hybridized carbons (Fsp3) is 0.647. The topological polar surface area (TPSA) is 41.5 Å². The van der Waals surface area contributed by atoms with Crippen molar-refractivity contribution >= 4 is 12.6 Å². The highest BCUT2D eigenvalue weighted by molar-refractivity contribution is 5.78. The number of rotatable bonds is 8. The van der Waals surface area contributed by atoms with E-state index in [4.69, 9.17) is 0 Å². The lowest BCUT2D eigenvalue weighted by atomic mass is 9.79. The second-order valence-corrected chi connectivity index (χ2v) is 5.63. The first-order valence-corrected chi connectivity index (χ1v) is 7.77. The number of hydrogen-bond acceptors (Lipinski definition) is 2. The van der Waals surface area contributed by atoms with Crippen LogP contribution < -0.4 is 5.32 Å². The average Bonchev–Trinajstić information content (AvgIpc) is 2.49. The van der Waals surface area contributed by atoms with Gasteiger partial charge >= 0.3 is 0 Å². The normalized spacial score (nSPS) is 23.1. The molecule has 0 aliphatic heterocycles. The van der Waals surface area contributed by atoms with Gasteiger partial charge in [-0.2, -0.15) is 0 Å². The second kappa shape index (κ2) is 9.51. The third kappa shape index (κ3) is 5.72. The largest absolute Gasteiger partial charge is 0.350 e. The molecule has 1 aliphatic carbocycles. The van der Waals surface area contributed by atoms with Crippen LogP contribution in [0.15, 0.2) is 29.4 Å². The minimum absolute atomic E-state index is 0.164. The number of amides is 1. The van der Waals surface area contributed by atoms with Gasteiger partial charge in [-0.15, -0.1) is 0 Å². The van der Waals surface area contributed by atoms with Gasteiger partial charge in [0.1, 0.15) is 0 Å². The Kier molecular flexibility index (Phi) is 7.93. The van der Waals surface area contributed by atoms with Crippen molar-refractivity contribution in [3.8, 4) is 0 Å². The number of carbonyl (C=O) groups is 1. The van der Waals surface area contributed by atoms with Crippen LogP contribution in [-0.4, -0.2) is 19.2 Å². The second-order valence-electron chi connectivity index (χ2n) is 5.63. The summed E-state index contributed by atoms with van der Waals surface area (Å²) < 4.78 is 0. The van der Waals surface area contributed by atoms with Gasteiger partial charge in [-0.25, -0.2) is 0 Å². The lowest BCUT2D eigenvalue weighted by Gasteiger charge is -2.27. The Labute approximate surface area is 123 Å². The molecular weight excluding hydrogens is 248 g/mol. The molecule has 0 saturated heterocycles. The minimum Gasteiger partial charge on any atom is -0.350 e. The Morgan fingerprint density at radius 3 is 2.60 bits per heavy atom. The van der Waals surface area contributed by atoms with E-state index in [0.29, 0.717) is 6.54 Å². The SMILES string of the molecule is C=C/C=C(/CNC(=O)C1CCC(CCCC)CC1)N=C. The van der Waals surface area contributed by atoms with Crippen LogP contribution >= 0.6 is 0 Å². The summed E-state index contributed by atoms with van der Waals surface area (Å²) in [6.45, 7) is 9.80. The van der Waals surface area contributed by atoms with Crippen molar-refractivity contribution in [3.63, 3.8) is 0 Å². The molecule has 0 aromatic carbocycles. The highest BCUT2D eigenvalue weighted by atomic mass is 16.1. The molecule has 3 heteroatoms. The number of nitrogens with zero attached hydrogens (tertiary/aromatic N) is 1. The molecule has 1 saturated carbocycles. The van der Waals surface area contributed by atoms with Crippen LogP contribution in [0.1, 0.15) is 51.9 Å². The van der Waals surface area contributed by atoms with Crippen LogP contribution in [0, 0.1) is 11.8 Å². The number of allylic oxidation sites excluding steroid dienone is 2. The monoisotopic (exact) mass is 276 g/mol. The standard InChI is InChI=1S/C17H28N2O/c1-4-6-8-14-9-11-15(12-10-14)17(20)19-13-16(18-3)7-5-2/h5,7,14-15H,2-4,6,8-13H2,1H3,(H,19,20)/b16-7-. The van der Waals surface area contributed by atoms with E-state index in [1.807, 2.05) is 0 Å². The Bertz CT molecular complexity index is 352. The van der Waals surface area contributed by atoms with Gasteiger partial charge in [0.25, 0.3) is 0 Å². The van der Waals surface area contributed by atoms with E-state index in [2.05, 4.69) is 30.5 Å². The zero-order valence-electron chi connectivity index (χ0n) is 12.7. The van der Waals surface area contributed by atoms with Gasteiger partial charge in [-0.1, -0.05) is 38.8 Å². The van der Waals surface area contributed by atoms with Crippen LogP contribution in [0.4, 0.5) is 0 Å². The van der Waals surface area contributed by atoms with Crippen molar-refractivity contribution in [1.82, 2.24) is 5.32 Å². The van der Waals surface area contributed by atoms with E-state index >= 15 is 0 Å². The van der Waals surface area contributed by atoms with Gasteiger partial charge in [0.2, 0.25) is 5.91 Å². The number of hydrogen-bond donors (Lipinski definition) is 1. The molecule has 0 aromatic heterocycles. The van der Waals surface area contributed by atoms with Crippen LogP contribution in [0.3, 0.4) is 0 Å². The Balaban J connectivity index is 2.30. The van der Waals surface area contributed by atoms with Crippen LogP contribution in [0.25, 0.3) is 0 Å². The number of aliphatic imine (C=N–C) groups is 1. The molecule has 1 amide bonds. The van der Waals surface area contributed by atoms with E-state index in [9.17, 15) is 4.79 Å². The van der Waals surface area contributed by atoms with Crippen molar-refractivity contribution in [2.45, 2.75) is 51.9 Å². The quantitative estimate of drug-likeness (QED) is 0.530. The van der Waals surface area contributed by atoms with E-state index < -0.39 is 0 Å². The summed E-state index contributed by atoms with van der Waals surface area (Å²) in [5, 5.41) is 2.96. The Morgan fingerprint density at radius 1 is 1.35 bits per heavy atom. The van der Waals surface area contributed by atoms with Crippen molar-refractivity contribution in [1.29, 1.82) is 0 Å². The molecule has 0 unspecified atom stereocenters. The smallest absolute Gasteiger partial charge is 0.223 e. The van der Waals surface area contributed by atoms with Gasteiger partial charge in [-0.05, 0) is 44.4 Å². The summed E-state index contributed by atoms with van der Waals surface area (Å²) in [7, 11) is 0. The lowest BCUT2D eigenvalue weighted by molar-refractivity contribution is -0.126. The van der Waals surface area contributed by atoms with Crippen molar-refractivity contribution < 1.29 is 4.79 Å². The predicted octanol–water partition coefficient (Wildman–Crippen LogP) is 3.87. The lowest BCUT2D eigenvalue weighted by Crippen LogP contribution is -2.34. The maximum absolute atomic E-state index is 12.1. The van der Waals surface area contributed by atoms with E-state index in [0.717, 1.165) is 24.5 Å². The molecule has 1 N–H and O–H groups in total. The van der Waals surface area contributed by atoms with Crippen molar-refractivity contribution in [3.05, 3.63) is 24.4 Å².